The van der Waals surface area contributed by atoms with Crippen molar-refractivity contribution >= 4 is 17.5 Å². The average molecular weight is 395 g/mol. The highest BCUT2D eigenvalue weighted by molar-refractivity contribution is 5.93. The van der Waals surface area contributed by atoms with Crippen molar-refractivity contribution in [1.82, 2.24) is 9.80 Å². The smallest absolute Gasteiger partial charge is 0.340 e. The molecule has 0 spiro atoms. The van der Waals surface area contributed by atoms with Crippen LogP contribution in [-0.4, -0.2) is 54.3 Å². The van der Waals surface area contributed by atoms with Crippen molar-refractivity contribution in [3.8, 4) is 0 Å². The number of nitrogens with zero attached hydrogens (tertiary/aromatic N) is 2. The van der Waals surface area contributed by atoms with Gasteiger partial charge in [0.2, 0.25) is 11.8 Å². The number of carbonyl (C=O) groups excluding carboxylic acids is 2. The Hall–Kier alpha value is -2.35. The van der Waals surface area contributed by atoms with Gasteiger partial charge < -0.3 is 10.2 Å². The molecule has 0 saturated carbocycles. The van der Waals surface area contributed by atoms with Gasteiger partial charge in [0.1, 0.15) is 0 Å². The maximum Gasteiger partial charge on any atom is 0.418 e. The SMILES string of the molecule is O=C(CN1CCN(C(=O)CC2C=CCC2)CC1)Nc1ccccc1C(F)(F)F. The number of hydrogen-bond acceptors (Lipinski definition) is 3. The predicted molar refractivity (Wildman–Crippen MR) is 99.6 cm³/mol. The maximum absolute atomic E-state index is 13.0. The minimum atomic E-state index is -4.52. The molecule has 1 heterocycles. The van der Waals surface area contributed by atoms with Crippen molar-refractivity contribution in [2.24, 2.45) is 5.92 Å². The van der Waals surface area contributed by atoms with Gasteiger partial charge in [0.25, 0.3) is 0 Å². The molecule has 0 aromatic heterocycles. The quantitative estimate of drug-likeness (QED) is 0.780. The van der Waals surface area contributed by atoms with Gasteiger partial charge in [-0.1, -0.05) is 24.3 Å². The Bertz CT molecular complexity index is 740. The van der Waals surface area contributed by atoms with Gasteiger partial charge in [0, 0.05) is 32.6 Å². The van der Waals surface area contributed by atoms with E-state index in [4.69, 9.17) is 0 Å². The minimum Gasteiger partial charge on any atom is -0.340 e. The van der Waals surface area contributed by atoms with Gasteiger partial charge in [-0.05, 0) is 30.9 Å². The van der Waals surface area contributed by atoms with E-state index in [1.807, 2.05) is 4.90 Å². The number of carbonyl (C=O) groups is 2. The number of anilines is 1. The second-order valence-corrected chi connectivity index (χ2v) is 7.22. The molecule has 1 aliphatic heterocycles. The van der Waals surface area contributed by atoms with Gasteiger partial charge in [0.05, 0.1) is 17.8 Å². The van der Waals surface area contributed by atoms with Crippen LogP contribution in [-0.2, 0) is 15.8 Å². The van der Waals surface area contributed by atoms with E-state index in [0.29, 0.717) is 38.5 Å². The maximum atomic E-state index is 13.0. The zero-order valence-corrected chi connectivity index (χ0v) is 15.5. The molecule has 8 heteroatoms. The van der Waals surface area contributed by atoms with Crippen molar-refractivity contribution in [2.45, 2.75) is 25.4 Å². The number of nitrogens with one attached hydrogen (secondary N) is 1. The lowest BCUT2D eigenvalue weighted by Crippen LogP contribution is -2.50. The summed E-state index contributed by atoms with van der Waals surface area (Å²) >= 11 is 0. The average Bonchev–Trinajstić information content (AvgIpc) is 3.14. The van der Waals surface area contributed by atoms with Crippen molar-refractivity contribution in [3.63, 3.8) is 0 Å². The van der Waals surface area contributed by atoms with Crippen LogP contribution in [0.5, 0.6) is 0 Å². The summed E-state index contributed by atoms with van der Waals surface area (Å²) in [5.41, 5.74) is -1.10. The van der Waals surface area contributed by atoms with E-state index in [1.54, 1.807) is 4.90 Å². The van der Waals surface area contributed by atoms with E-state index in [2.05, 4.69) is 17.5 Å². The molecule has 1 aromatic carbocycles. The van der Waals surface area contributed by atoms with Crippen molar-refractivity contribution < 1.29 is 22.8 Å². The Morgan fingerprint density at radius 3 is 2.46 bits per heavy atom. The molecule has 2 aliphatic rings. The highest BCUT2D eigenvalue weighted by Crippen LogP contribution is 2.34. The second kappa shape index (κ2) is 8.77. The molecule has 1 atom stereocenters. The van der Waals surface area contributed by atoms with E-state index < -0.39 is 17.6 Å². The summed E-state index contributed by atoms with van der Waals surface area (Å²) < 4.78 is 39.1. The van der Waals surface area contributed by atoms with Crippen molar-refractivity contribution in [2.75, 3.05) is 38.0 Å². The Balaban J connectivity index is 1.46. The first-order valence-corrected chi connectivity index (χ1v) is 9.46. The molecule has 1 fully saturated rings. The number of halogens is 3. The van der Waals surface area contributed by atoms with E-state index >= 15 is 0 Å². The van der Waals surface area contributed by atoms with Crippen molar-refractivity contribution in [3.05, 3.63) is 42.0 Å². The normalized spacial score (nSPS) is 20.4. The second-order valence-electron chi connectivity index (χ2n) is 7.22. The number of rotatable bonds is 5. The number of piperazine rings is 1. The Morgan fingerprint density at radius 2 is 1.82 bits per heavy atom. The lowest BCUT2D eigenvalue weighted by Gasteiger charge is -2.34. The third-order valence-corrected chi connectivity index (χ3v) is 5.15. The Morgan fingerprint density at radius 1 is 1.11 bits per heavy atom. The Labute approximate surface area is 162 Å². The molecule has 3 rings (SSSR count). The molecule has 28 heavy (non-hydrogen) atoms. The summed E-state index contributed by atoms with van der Waals surface area (Å²) in [6.07, 6.45) is 2.24. The van der Waals surface area contributed by atoms with Gasteiger partial charge in [-0.15, -0.1) is 0 Å². The topological polar surface area (TPSA) is 52.7 Å². The molecule has 0 radical (unpaired) electrons. The molecular weight excluding hydrogens is 371 g/mol. The lowest BCUT2D eigenvalue weighted by molar-refractivity contribution is -0.137. The number of allylic oxidation sites excluding steroid dienone is 2. The van der Waals surface area contributed by atoms with Crippen LogP contribution in [0.1, 0.15) is 24.8 Å². The van der Waals surface area contributed by atoms with Crippen LogP contribution in [0.4, 0.5) is 18.9 Å². The van der Waals surface area contributed by atoms with Crippen LogP contribution in [0.3, 0.4) is 0 Å². The molecule has 1 aromatic rings. The summed E-state index contributed by atoms with van der Waals surface area (Å²) in [6, 6.07) is 4.93. The summed E-state index contributed by atoms with van der Waals surface area (Å²) in [7, 11) is 0. The fraction of sp³-hybridized carbons (Fsp3) is 0.500. The number of para-hydroxylation sites is 1. The third-order valence-electron chi connectivity index (χ3n) is 5.15. The van der Waals surface area contributed by atoms with Gasteiger partial charge in [-0.3, -0.25) is 14.5 Å². The van der Waals surface area contributed by atoms with Gasteiger partial charge in [-0.2, -0.15) is 13.2 Å². The standard InChI is InChI=1S/C20H24F3N3O2/c21-20(22,23)16-7-3-4-8-17(16)24-18(27)14-25-9-11-26(12-10-25)19(28)13-15-5-1-2-6-15/h1,3-5,7-8,15H,2,6,9-14H2,(H,24,27). The fourth-order valence-corrected chi connectivity index (χ4v) is 3.61. The number of benzene rings is 1. The van der Waals surface area contributed by atoms with Gasteiger partial charge in [0.15, 0.2) is 0 Å². The molecule has 5 nitrogen and oxygen atoms in total. The molecule has 2 amide bonds. The van der Waals surface area contributed by atoms with E-state index in [-0.39, 0.29) is 18.1 Å². The minimum absolute atomic E-state index is 0.000412. The molecule has 152 valence electrons. The molecular formula is C20H24F3N3O2. The molecule has 1 saturated heterocycles. The third kappa shape index (κ3) is 5.34. The first-order chi connectivity index (χ1) is 13.3. The lowest BCUT2D eigenvalue weighted by atomic mass is 10.0. The van der Waals surface area contributed by atoms with Gasteiger partial charge in [-0.25, -0.2) is 0 Å². The molecule has 0 bridgehead atoms. The number of alkyl halides is 3. The number of hydrogen-bond donors (Lipinski definition) is 1. The van der Waals surface area contributed by atoms with Crippen LogP contribution in [0.15, 0.2) is 36.4 Å². The van der Waals surface area contributed by atoms with Crippen LogP contribution < -0.4 is 5.32 Å². The van der Waals surface area contributed by atoms with E-state index in [0.717, 1.165) is 18.9 Å². The first-order valence-electron chi connectivity index (χ1n) is 9.46. The summed E-state index contributed by atoms with van der Waals surface area (Å²) in [4.78, 5) is 28.2. The van der Waals surface area contributed by atoms with Crippen LogP contribution >= 0.6 is 0 Å². The Kier molecular flexibility index (Phi) is 6.39. The van der Waals surface area contributed by atoms with E-state index in [1.165, 1.54) is 18.2 Å². The van der Waals surface area contributed by atoms with Crippen LogP contribution in [0, 0.1) is 5.92 Å². The zero-order chi connectivity index (χ0) is 20.1. The largest absolute Gasteiger partial charge is 0.418 e. The first kappa shape index (κ1) is 20.4. The highest BCUT2D eigenvalue weighted by atomic mass is 19.4. The van der Waals surface area contributed by atoms with Crippen LogP contribution in [0.25, 0.3) is 0 Å². The monoisotopic (exact) mass is 395 g/mol. The van der Waals surface area contributed by atoms with E-state index in [9.17, 15) is 22.8 Å². The summed E-state index contributed by atoms with van der Waals surface area (Å²) in [5, 5.41) is 2.36. The molecule has 1 aliphatic carbocycles. The zero-order valence-electron chi connectivity index (χ0n) is 15.5. The number of amides is 2. The van der Waals surface area contributed by atoms with Crippen LogP contribution in [0.2, 0.25) is 0 Å². The molecule has 1 N–H and O–H groups in total. The molecule has 1 unspecified atom stereocenters. The summed E-state index contributed by atoms with van der Waals surface area (Å²) in [6.45, 7) is 2.12. The highest BCUT2D eigenvalue weighted by Gasteiger charge is 2.33. The summed E-state index contributed by atoms with van der Waals surface area (Å²) in [5.74, 6) is -0.0441. The van der Waals surface area contributed by atoms with Crippen molar-refractivity contribution in [1.29, 1.82) is 0 Å². The van der Waals surface area contributed by atoms with Gasteiger partial charge >= 0.3 is 6.18 Å². The predicted octanol–water partition coefficient (Wildman–Crippen LogP) is 3.14. The fourth-order valence-electron chi connectivity index (χ4n) is 3.61.